The Morgan fingerprint density at radius 1 is 1.00 bits per heavy atom. The van der Waals surface area contributed by atoms with Gasteiger partial charge >= 0.3 is 5.97 Å². The van der Waals surface area contributed by atoms with Crippen LogP contribution in [0.1, 0.15) is 29.4 Å². The summed E-state index contributed by atoms with van der Waals surface area (Å²) in [6.45, 7) is 7.60. The number of aryl methyl sites for hydroxylation is 2. The molecular weight excluding hydrogens is 419 g/mol. The molecule has 168 valence electrons. The summed E-state index contributed by atoms with van der Waals surface area (Å²) in [5.74, 6) is -1.66. The van der Waals surface area contributed by atoms with Gasteiger partial charge in [-0.15, -0.1) is 0 Å². The molecule has 0 N–H and O–H groups in total. The highest BCUT2D eigenvalue weighted by Gasteiger charge is 2.39. The summed E-state index contributed by atoms with van der Waals surface area (Å²) in [5.41, 5.74) is 5.59. The molecule has 1 aliphatic rings. The van der Waals surface area contributed by atoms with E-state index in [4.69, 9.17) is 4.74 Å². The Labute approximate surface area is 192 Å². The van der Waals surface area contributed by atoms with E-state index in [1.165, 1.54) is 24.1 Å². The van der Waals surface area contributed by atoms with Crippen molar-refractivity contribution in [2.45, 2.75) is 27.7 Å². The predicted octanol–water partition coefficient (Wildman–Crippen LogP) is 5.42. The van der Waals surface area contributed by atoms with Crippen molar-refractivity contribution in [3.05, 3.63) is 99.8 Å². The van der Waals surface area contributed by atoms with Crippen molar-refractivity contribution >= 4 is 23.6 Å². The van der Waals surface area contributed by atoms with Crippen LogP contribution in [0.2, 0.25) is 0 Å². The fraction of sp³-hybridized carbons (Fsp3) is 0.185. The molecule has 2 aromatic carbocycles. The van der Waals surface area contributed by atoms with E-state index in [1.54, 1.807) is 25.1 Å². The monoisotopic (exact) mass is 444 g/mol. The van der Waals surface area contributed by atoms with Gasteiger partial charge in [0, 0.05) is 22.8 Å². The van der Waals surface area contributed by atoms with Crippen LogP contribution in [0.25, 0.3) is 11.8 Å². The molecule has 1 amide bonds. The molecule has 0 fully saturated rings. The summed E-state index contributed by atoms with van der Waals surface area (Å²) in [4.78, 5) is 27.3. The average Bonchev–Trinajstić information content (AvgIpc) is 3.20. The highest BCUT2D eigenvalue weighted by Crippen LogP contribution is 2.37. The van der Waals surface area contributed by atoms with Gasteiger partial charge in [-0.2, -0.15) is 0 Å². The zero-order valence-corrected chi connectivity index (χ0v) is 19.3. The van der Waals surface area contributed by atoms with Gasteiger partial charge < -0.3 is 9.30 Å². The van der Waals surface area contributed by atoms with Crippen molar-refractivity contribution < 1.29 is 18.7 Å². The topological polar surface area (TPSA) is 51.5 Å². The molecule has 0 unspecified atom stereocenters. The molecule has 6 heteroatoms. The minimum Gasteiger partial charge on any atom is -0.465 e. The van der Waals surface area contributed by atoms with Gasteiger partial charge in [0.25, 0.3) is 5.91 Å². The maximum absolute atomic E-state index is 14.5. The van der Waals surface area contributed by atoms with Gasteiger partial charge in [0.15, 0.2) is 0 Å². The standard InChI is InChI=1S/C27H25FN2O3/c1-16-10-12-21(13-11-16)29-17(2)14-20(18(29)3)15-22-25(27(32)33-5)19(4)30(26(22)31)24-9-7-6-8-23(24)28/h6-15H,1-5H3/b22-15-. The van der Waals surface area contributed by atoms with Crippen LogP contribution < -0.4 is 4.90 Å². The molecule has 33 heavy (non-hydrogen) atoms. The van der Waals surface area contributed by atoms with Crippen LogP contribution in [0.4, 0.5) is 10.1 Å². The number of rotatable bonds is 4. The number of aromatic nitrogens is 1. The summed E-state index contributed by atoms with van der Waals surface area (Å²) < 4.78 is 21.6. The lowest BCUT2D eigenvalue weighted by molar-refractivity contribution is -0.136. The van der Waals surface area contributed by atoms with Gasteiger partial charge in [0.2, 0.25) is 0 Å². The van der Waals surface area contributed by atoms with Crippen LogP contribution >= 0.6 is 0 Å². The number of amides is 1. The van der Waals surface area contributed by atoms with Crippen LogP contribution in [0, 0.1) is 26.6 Å². The number of nitrogens with zero attached hydrogens (tertiary/aromatic N) is 2. The number of esters is 1. The van der Waals surface area contributed by atoms with Crippen molar-refractivity contribution in [3.8, 4) is 5.69 Å². The van der Waals surface area contributed by atoms with Gasteiger partial charge in [-0.05, 0) is 69.7 Å². The number of para-hydroxylation sites is 1. The number of allylic oxidation sites excluding steroid dienone is 1. The summed E-state index contributed by atoms with van der Waals surface area (Å²) in [6, 6.07) is 16.1. The van der Waals surface area contributed by atoms with Gasteiger partial charge in [0.05, 0.1) is 23.9 Å². The summed E-state index contributed by atoms with van der Waals surface area (Å²) in [5, 5.41) is 0. The molecule has 0 atom stereocenters. The molecule has 2 heterocycles. The Hall–Kier alpha value is -3.93. The molecule has 0 aliphatic carbocycles. The number of carbonyl (C=O) groups is 2. The lowest BCUT2D eigenvalue weighted by Crippen LogP contribution is -2.25. The Bertz CT molecular complexity index is 1330. The number of hydrogen-bond donors (Lipinski definition) is 0. The van der Waals surface area contributed by atoms with Crippen molar-refractivity contribution in [3.63, 3.8) is 0 Å². The molecule has 0 bridgehead atoms. The zero-order valence-electron chi connectivity index (χ0n) is 19.3. The lowest BCUT2D eigenvalue weighted by Gasteiger charge is -2.18. The Kier molecular flexibility index (Phi) is 5.77. The highest BCUT2D eigenvalue weighted by molar-refractivity contribution is 6.23. The Morgan fingerprint density at radius 2 is 1.67 bits per heavy atom. The number of carbonyl (C=O) groups excluding carboxylic acids is 2. The fourth-order valence-electron chi connectivity index (χ4n) is 4.28. The van der Waals surface area contributed by atoms with Gasteiger partial charge in [-0.25, -0.2) is 9.18 Å². The zero-order chi connectivity index (χ0) is 23.9. The van der Waals surface area contributed by atoms with Crippen LogP contribution in [-0.4, -0.2) is 23.6 Å². The van der Waals surface area contributed by atoms with Gasteiger partial charge in [-0.3, -0.25) is 9.69 Å². The first kappa shape index (κ1) is 22.3. The van der Waals surface area contributed by atoms with Crippen LogP contribution in [0.15, 0.2) is 71.4 Å². The molecule has 4 rings (SSSR count). The first-order chi connectivity index (χ1) is 15.7. The highest BCUT2D eigenvalue weighted by atomic mass is 19.1. The summed E-state index contributed by atoms with van der Waals surface area (Å²) >= 11 is 0. The van der Waals surface area contributed by atoms with E-state index in [1.807, 2.05) is 51.1 Å². The average molecular weight is 445 g/mol. The smallest absolute Gasteiger partial charge is 0.340 e. The van der Waals surface area contributed by atoms with Crippen molar-refractivity contribution in [2.75, 3.05) is 12.0 Å². The first-order valence-corrected chi connectivity index (χ1v) is 10.6. The van der Waals surface area contributed by atoms with Crippen LogP contribution in [0.5, 0.6) is 0 Å². The first-order valence-electron chi connectivity index (χ1n) is 10.6. The van der Waals surface area contributed by atoms with Gasteiger partial charge in [-0.1, -0.05) is 29.8 Å². The van der Waals surface area contributed by atoms with Crippen molar-refractivity contribution in [1.29, 1.82) is 0 Å². The second kappa shape index (κ2) is 8.54. The summed E-state index contributed by atoms with van der Waals surface area (Å²) in [6.07, 6.45) is 1.69. The number of benzene rings is 2. The Morgan fingerprint density at radius 3 is 2.30 bits per heavy atom. The van der Waals surface area contributed by atoms with E-state index in [2.05, 4.69) is 4.57 Å². The Balaban J connectivity index is 1.86. The number of anilines is 1. The molecule has 5 nitrogen and oxygen atoms in total. The number of methoxy groups -OCH3 is 1. The second-order valence-electron chi connectivity index (χ2n) is 8.10. The molecule has 3 aromatic rings. The molecule has 0 radical (unpaired) electrons. The predicted molar refractivity (Wildman–Crippen MR) is 127 cm³/mol. The van der Waals surface area contributed by atoms with E-state index >= 15 is 0 Å². The maximum Gasteiger partial charge on any atom is 0.340 e. The maximum atomic E-state index is 14.5. The molecule has 0 saturated heterocycles. The van der Waals surface area contributed by atoms with Gasteiger partial charge in [0.1, 0.15) is 5.82 Å². The third-order valence-corrected chi connectivity index (χ3v) is 5.95. The number of halogens is 1. The molecule has 0 spiro atoms. The van der Waals surface area contributed by atoms with E-state index < -0.39 is 17.7 Å². The third kappa shape index (κ3) is 3.78. The quantitative estimate of drug-likeness (QED) is 0.399. The van der Waals surface area contributed by atoms with Crippen molar-refractivity contribution in [1.82, 2.24) is 4.57 Å². The van der Waals surface area contributed by atoms with E-state index in [0.717, 1.165) is 28.2 Å². The molecular formula is C27H25FN2O3. The van der Waals surface area contributed by atoms with Crippen LogP contribution in [-0.2, 0) is 14.3 Å². The van der Waals surface area contributed by atoms with E-state index in [0.29, 0.717) is 5.70 Å². The minimum atomic E-state index is -0.640. The fourth-order valence-corrected chi connectivity index (χ4v) is 4.28. The SMILES string of the molecule is COC(=O)C1=C(C)N(c2ccccc2F)C(=O)/C1=C\c1cc(C)n(-c2ccc(C)cc2)c1C. The minimum absolute atomic E-state index is 0.0925. The van der Waals surface area contributed by atoms with E-state index in [9.17, 15) is 14.0 Å². The summed E-state index contributed by atoms with van der Waals surface area (Å²) in [7, 11) is 1.26. The number of ether oxygens (including phenoxy) is 1. The lowest BCUT2D eigenvalue weighted by atomic mass is 10.0. The number of hydrogen-bond acceptors (Lipinski definition) is 3. The molecule has 1 aliphatic heterocycles. The van der Waals surface area contributed by atoms with E-state index in [-0.39, 0.29) is 16.8 Å². The largest absolute Gasteiger partial charge is 0.465 e. The van der Waals surface area contributed by atoms with Crippen molar-refractivity contribution in [2.24, 2.45) is 0 Å². The third-order valence-electron chi connectivity index (χ3n) is 5.95. The molecule has 1 aromatic heterocycles. The normalized spacial score (nSPS) is 15.0. The molecule has 0 saturated carbocycles. The second-order valence-corrected chi connectivity index (χ2v) is 8.10. The van der Waals surface area contributed by atoms with Crippen LogP contribution in [0.3, 0.4) is 0 Å².